The number of piperidine rings is 1. The zero-order chi connectivity index (χ0) is 16.9. The van der Waals surface area contributed by atoms with E-state index in [0.717, 1.165) is 37.6 Å². The van der Waals surface area contributed by atoms with Crippen molar-refractivity contribution in [2.45, 2.75) is 26.3 Å². The summed E-state index contributed by atoms with van der Waals surface area (Å²) in [5, 5.41) is 0. The topological polar surface area (TPSA) is 38.2 Å². The second kappa shape index (κ2) is 7.66. The molecule has 1 fully saturated rings. The number of nitrogens with zero attached hydrogens (tertiary/aromatic N) is 3. The maximum absolute atomic E-state index is 13.3. The van der Waals surface area contributed by atoms with Crippen molar-refractivity contribution in [2.75, 3.05) is 19.7 Å². The molecule has 0 saturated carbocycles. The summed E-state index contributed by atoms with van der Waals surface area (Å²) in [4.78, 5) is 10.5. The van der Waals surface area contributed by atoms with Crippen molar-refractivity contribution in [1.82, 2.24) is 14.9 Å². The minimum atomic E-state index is -0.529. The Hall–Kier alpha value is -2.08. The number of ether oxygens (including phenoxy) is 1. The summed E-state index contributed by atoms with van der Waals surface area (Å²) in [6, 6.07) is 4.08. The first kappa shape index (κ1) is 16.8. The highest BCUT2D eigenvalue weighted by atomic mass is 19.1. The Morgan fingerprint density at radius 1 is 1.17 bits per heavy atom. The predicted octanol–water partition coefficient (Wildman–Crippen LogP) is 3.35. The lowest BCUT2D eigenvalue weighted by molar-refractivity contribution is 0.120. The maximum Gasteiger partial charge on any atom is 0.316 e. The molecular weight excluding hydrogens is 312 g/mol. The highest BCUT2D eigenvalue weighted by molar-refractivity contribution is 5.17. The van der Waals surface area contributed by atoms with Crippen LogP contribution in [0.4, 0.5) is 8.78 Å². The predicted molar refractivity (Wildman–Crippen MR) is 86.6 cm³/mol. The standard InChI is InChI=1S/C18H21F2N3O/c1-13-8-21-18(22-9-13)24-12-14-3-2-4-23(10-14)11-15-5-16(19)7-17(20)6-15/h5-9,14H,2-4,10-12H2,1H3. The van der Waals surface area contributed by atoms with Gasteiger partial charge in [-0.15, -0.1) is 0 Å². The van der Waals surface area contributed by atoms with Crippen LogP contribution in [0.1, 0.15) is 24.0 Å². The molecule has 4 nitrogen and oxygen atoms in total. The summed E-state index contributed by atoms with van der Waals surface area (Å²) in [5.41, 5.74) is 1.66. The molecule has 2 heterocycles. The number of hydrogen-bond donors (Lipinski definition) is 0. The minimum Gasteiger partial charge on any atom is -0.463 e. The van der Waals surface area contributed by atoms with Gasteiger partial charge in [-0.1, -0.05) is 0 Å². The molecule has 1 aliphatic rings. The third-order valence-corrected chi connectivity index (χ3v) is 4.14. The molecule has 0 N–H and O–H groups in total. The van der Waals surface area contributed by atoms with Gasteiger partial charge in [0.25, 0.3) is 0 Å². The molecule has 1 aliphatic heterocycles. The van der Waals surface area contributed by atoms with Crippen molar-refractivity contribution in [3.8, 4) is 6.01 Å². The van der Waals surface area contributed by atoms with Crippen molar-refractivity contribution >= 4 is 0 Å². The summed E-state index contributed by atoms with van der Waals surface area (Å²) in [6.45, 7) is 4.79. The molecule has 24 heavy (non-hydrogen) atoms. The van der Waals surface area contributed by atoms with Crippen molar-refractivity contribution < 1.29 is 13.5 Å². The van der Waals surface area contributed by atoms with Crippen LogP contribution in [0, 0.1) is 24.5 Å². The van der Waals surface area contributed by atoms with E-state index in [4.69, 9.17) is 4.74 Å². The lowest BCUT2D eigenvalue weighted by atomic mass is 9.98. The van der Waals surface area contributed by atoms with E-state index >= 15 is 0 Å². The van der Waals surface area contributed by atoms with Crippen molar-refractivity contribution in [3.05, 3.63) is 53.4 Å². The Kier molecular flexibility index (Phi) is 5.35. The molecule has 1 aromatic carbocycles. The van der Waals surface area contributed by atoms with Crippen LogP contribution >= 0.6 is 0 Å². The summed E-state index contributed by atoms with van der Waals surface area (Å²) in [7, 11) is 0. The van der Waals surface area contributed by atoms with E-state index in [1.54, 1.807) is 12.4 Å². The lowest BCUT2D eigenvalue weighted by Gasteiger charge is -2.32. The smallest absolute Gasteiger partial charge is 0.316 e. The molecule has 0 aliphatic carbocycles. The van der Waals surface area contributed by atoms with Crippen LogP contribution in [0.15, 0.2) is 30.6 Å². The van der Waals surface area contributed by atoms with Gasteiger partial charge in [-0.3, -0.25) is 4.90 Å². The molecule has 1 atom stereocenters. The van der Waals surface area contributed by atoms with Crippen molar-refractivity contribution in [1.29, 1.82) is 0 Å². The number of aryl methyl sites for hydroxylation is 1. The molecular formula is C18H21F2N3O. The first-order chi connectivity index (χ1) is 11.6. The molecule has 1 saturated heterocycles. The molecule has 0 bridgehead atoms. The number of aromatic nitrogens is 2. The number of likely N-dealkylation sites (tertiary alicyclic amines) is 1. The SMILES string of the molecule is Cc1cnc(OCC2CCCN(Cc3cc(F)cc(F)c3)C2)nc1. The third-order valence-electron chi connectivity index (χ3n) is 4.14. The molecule has 2 aromatic rings. The first-order valence-electron chi connectivity index (χ1n) is 8.17. The highest BCUT2D eigenvalue weighted by Crippen LogP contribution is 2.20. The number of rotatable bonds is 5. The fourth-order valence-electron chi connectivity index (χ4n) is 3.04. The molecule has 6 heteroatoms. The molecule has 1 aromatic heterocycles. The molecule has 3 rings (SSSR count). The Morgan fingerprint density at radius 3 is 2.58 bits per heavy atom. The van der Waals surface area contributed by atoms with Gasteiger partial charge in [-0.05, 0) is 49.6 Å². The van der Waals surface area contributed by atoms with Crippen molar-refractivity contribution in [2.24, 2.45) is 5.92 Å². The first-order valence-corrected chi connectivity index (χ1v) is 8.17. The van der Waals surface area contributed by atoms with Crippen LogP contribution < -0.4 is 4.74 Å². The second-order valence-corrected chi connectivity index (χ2v) is 6.38. The van der Waals surface area contributed by atoms with Gasteiger partial charge >= 0.3 is 6.01 Å². The van der Waals surface area contributed by atoms with E-state index in [0.29, 0.717) is 30.6 Å². The lowest BCUT2D eigenvalue weighted by Crippen LogP contribution is -2.37. The van der Waals surface area contributed by atoms with E-state index in [9.17, 15) is 8.78 Å². The van der Waals surface area contributed by atoms with Crippen LogP contribution in [0.25, 0.3) is 0 Å². The summed E-state index contributed by atoms with van der Waals surface area (Å²) in [5.74, 6) is -0.695. The zero-order valence-corrected chi connectivity index (χ0v) is 13.7. The minimum absolute atomic E-state index is 0.363. The largest absolute Gasteiger partial charge is 0.463 e. The normalized spacial score (nSPS) is 18.5. The van der Waals surface area contributed by atoms with E-state index in [-0.39, 0.29) is 0 Å². The Bertz CT molecular complexity index is 658. The van der Waals surface area contributed by atoms with Gasteiger partial charge in [-0.25, -0.2) is 18.7 Å². The molecule has 0 amide bonds. The van der Waals surface area contributed by atoms with Gasteiger partial charge in [0.1, 0.15) is 11.6 Å². The van der Waals surface area contributed by atoms with Gasteiger partial charge in [0, 0.05) is 37.5 Å². The van der Waals surface area contributed by atoms with E-state index in [1.807, 2.05) is 6.92 Å². The van der Waals surface area contributed by atoms with Gasteiger partial charge in [0.2, 0.25) is 0 Å². The summed E-state index contributed by atoms with van der Waals surface area (Å²) >= 11 is 0. The average Bonchev–Trinajstić information content (AvgIpc) is 2.54. The summed E-state index contributed by atoms with van der Waals surface area (Å²) < 4.78 is 32.3. The second-order valence-electron chi connectivity index (χ2n) is 6.38. The highest BCUT2D eigenvalue weighted by Gasteiger charge is 2.21. The van der Waals surface area contributed by atoms with Crippen LogP contribution in [0.5, 0.6) is 6.01 Å². The monoisotopic (exact) mass is 333 g/mol. The Balaban J connectivity index is 1.53. The van der Waals surface area contributed by atoms with Crippen LogP contribution in [-0.4, -0.2) is 34.6 Å². The van der Waals surface area contributed by atoms with Crippen LogP contribution in [0.3, 0.4) is 0 Å². The fraction of sp³-hybridized carbons (Fsp3) is 0.444. The van der Waals surface area contributed by atoms with Gasteiger partial charge in [0.15, 0.2) is 0 Å². The van der Waals surface area contributed by atoms with E-state index < -0.39 is 11.6 Å². The zero-order valence-electron chi connectivity index (χ0n) is 13.7. The van der Waals surface area contributed by atoms with Gasteiger partial charge in [0.05, 0.1) is 6.61 Å². The van der Waals surface area contributed by atoms with Crippen molar-refractivity contribution in [3.63, 3.8) is 0 Å². The molecule has 1 unspecified atom stereocenters. The van der Waals surface area contributed by atoms with E-state index in [1.165, 1.54) is 12.1 Å². The third kappa shape index (κ3) is 4.71. The number of hydrogen-bond acceptors (Lipinski definition) is 4. The number of halogens is 2. The van der Waals surface area contributed by atoms with E-state index in [2.05, 4.69) is 14.9 Å². The maximum atomic E-state index is 13.3. The Labute approximate surface area is 140 Å². The fourth-order valence-corrected chi connectivity index (χ4v) is 3.04. The van der Waals surface area contributed by atoms with Crippen LogP contribution in [-0.2, 0) is 6.54 Å². The molecule has 128 valence electrons. The van der Waals surface area contributed by atoms with Gasteiger partial charge in [-0.2, -0.15) is 0 Å². The van der Waals surface area contributed by atoms with Crippen LogP contribution in [0.2, 0.25) is 0 Å². The Morgan fingerprint density at radius 2 is 1.88 bits per heavy atom. The quantitative estimate of drug-likeness (QED) is 0.841. The molecule has 0 spiro atoms. The summed E-state index contributed by atoms with van der Waals surface area (Å²) in [6.07, 6.45) is 5.57. The average molecular weight is 333 g/mol. The van der Waals surface area contributed by atoms with Gasteiger partial charge < -0.3 is 4.74 Å². The molecule has 0 radical (unpaired) electrons. The number of benzene rings is 1.